The number of nitrogens with zero attached hydrogens (tertiary/aromatic N) is 5. The molecule has 0 unspecified atom stereocenters. The number of nitrogens with one attached hydrogen (secondary N) is 1. The van der Waals surface area contributed by atoms with Crippen LogP contribution >= 0.6 is 11.6 Å². The first kappa shape index (κ1) is 19.0. The second-order valence-corrected chi connectivity index (χ2v) is 7.65. The van der Waals surface area contributed by atoms with Crippen molar-refractivity contribution in [2.75, 3.05) is 49.5 Å². The molecule has 0 amide bonds. The number of halogens is 1. The van der Waals surface area contributed by atoms with Crippen molar-refractivity contribution in [3.8, 4) is 0 Å². The maximum atomic E-state index is 6.18. The van der Waals surface area contributed by atoms with E-state index in [1.807, 2.05) is 13.0 Å². The van der Waals surface area contributed by atoms with Crippen molar-refractivity contribution in [2.24, 2.45) is 0 Å². The van der Waals surface area contributed by atoms with Gasteiger partial charge in [0.05, 0.1) is 5.69 Å². The quantitative estimate of drug-likeness (QED) is 0.635. The van der Waals surface area contributed by atoms with Crippen LogP contribution in [0.4, 0.5) is 11.5 Å². The Kier molecular flexibility index (Phi) is 5.64. The summed E-state index contributed by atoms with van der Waals surface area (Å²) >= 11 is 6.18. The Morgan fingerprint density at radius 1 is 1.14 bits per heavy atom. The van der Waals surface area contributed by atoms with Crippen LogP contribution in [-0.2, 0) is 0 Å². The van der Waals surface area contributed by atoms with Crippen LogP contribution in [0.2, 0.25) is 5.02 Å². The Morgan fingerprint density at radius 3 is 2.79 bits per heavy atom. The summed E-state index contributed by atoms with van der Waals surface area (Å²) in [6.45, 7) is 10.1. The zero-order chi connectivity index (χ0) is 19.5. The van der Waals surface area contributed by atoms with Gasteiger partial charge >= 0.3 is 0 Å². The fraction of sp³-hybridized carbons (Fsp3) is 0.450. The first-order chi connectivity index (χ1) is 13.6. The zero-order valence-electron chi connectivity index (χ0n) is 16.3. The molecule has 1 aliphatic rings. The van der Waals surface area contributed by atoms with Gasteiger partial charge in [0.15, 0.2) is 0 Å². The summed E-state index contributed by atoms with van der Waals surface area (Å²) in [5, 5.41) is 9.03. The van der Waals surface area contributed by atoms with Crippen molar-refractivity contribution in [3.05, 3.63) is 40.8 Å². The largest absolute Gasteiger partial charge is 0.369 e. The molecular formula is C20H25ClN6O. The minimum atomic E-state index is 0.530. The van der Waals surface area contributed by atoms with Crippen LogP contribution in [0.25, 0.3) is 11.1 Å². The summed E-state index contributed by atoms with van der Waals surface area (Å²) in [6.07, 6.45) is 2.55. The zero-order valence-corrected chi connectivity index (χ0v) is 17.0. The van der Waals surface area contributed by atoms with Crippen LogP contribution in [0, 0.1) is 13.8 Å². The molecule has 3 heterocycles. The molecule has 3 aromatic rings. The number of aromatic nitrogens is 3. The topological polar surface area (TPSA) is 70.3 Å². The molecule has 7 nitrogen and oxygen atoms in total. The predicted molar refractivity (Wildman–Crippen MR) is 112 cm³/mol. The highest BCUT2D eigenvalue weighted by atomic mass is 35.5. The van der Waals surface area contributed by atoms with Crippen LogP contribution in [0.5, 0.6) is 0 Å². The molecular weight excluding hydrogens is 376 g/mol. The Hall–Kier alpha value is -2.38. The number of piperazine rings is 1. The van der Waals surface area contributed by atoms with Gasteiger partial charge in [0, 0.05) is 43.4 Å². The lowest BCUT2D eigenvalue weighted by Crippen LogP contribution is -2.47. The van der Waals surface area contributed by atoms with E-state index in [2.05, 4.69) is 49.3 Å². The van der Waals surface area contributed by atoms with Gasteiger partial charge in [-0.05, 0) is 44.5 Å². The first-order valence-electron chi connectivity index (χ1n) is 9.66. The molecule has 28 heavy (non-hydrogen) atoms. The van der Waals surface area contributed by atoms with E-state index in [1.165, 1.54) is 17.6 Å². The van der Waals surface area contributed by atoms with Crippen molar-refractivity contribution in [1.82, 2.24) is 20.0 Å². The average molecular weight is 401 g/mol. The van der Waals surface area contributed by atoms with E-state index in [0.717, 1.165) is 67.6 Å². The summed E-state index contributed by atoms with van der Waals surface area (Å²) in [5.74, 6) is 0.796. The third-order valence-corrected chi connectivity index (χ3v) is 5.51. The summed E-state index contributed by atoms with van der Waals surface area (Å²) in [7, 11) is 0. The molecule has 0 atom stereocenters. The number of hydrogen-bond acceptors (Lipinski definition) is 7. The molecule has 4 rings (SSSR count). The Bertz CT molecular complexity index is 951. The van der Waals surface area contributed by atoms with E-state index in [9.17, 15) is 0 Å². The van der Waals surface area contributed by atoms with E-state index >= 15 is 0 Å². The lowest BCUT2D eigenvalue weighted by Gasteiger charge is -2.37. The van der Waals surface area contributed by atoms with Crippen LogP contribution in [0.15, 0.2) is 29.0 Å². The molecule has 1 N–H and O–H groups in total. The second-order valence-electron chi connectivity index (χ2n) is 7.21. The van der Waals surface area contributed by atoms with Crippen LogP contribution in [0.3, 0.4) is 0 Å². The van der Waals surface area contributed by atoms with E-state index in [-0.39, 0.29) is 0 Å². The standard InChI is InChI=1S/C20H25ClN6O/c1-14-4-5-16(21)12-17(14)27-10-8-26(9-11-27)7-3-6-22-19-18-15(2)25-28-20(18)24-13-23-19/h4-5,12-13H,3,6-11H2,1-2H3,(H,22,23,24). The van der Waals surface area contributed by atoms with Gasteiger partial charge in [-0.15, -0.1) is 0 Å². The minimum absolute atomic E-state index is 0.530. The Morgan fingerprint density at radius 2 is 1.96 bits per heavy atom. The van der Waals surface area contributed by atoms with Crippen molar-refractivity contribution < 1.29 is 4.52 Å². The summed E-state index contributed by atoms with van der Waals surface area (Å²) < 4.78 is 5.19. The third kappa shape index (κ3) is 4.05. The van der Waals surface area contributed by atoms with Gasteiger partial charge in [0.1, 0.15) is 17.5 Å². The Labute approximate surface area is 169 Å². The van der Waals surface area contributed by atoms with Gasteiger partial charge in [0.2, 0.25) is 0 Å². The van der Waals surface area contributed by atoms with Gasteiger partial charge in [-0.2, -0.15) is 4.98 Å². The molecule has 2 aromatic heterocycles. The number of rotatable bonds is 6. The molecule has 0 aliphatic carbocycles. The third-order valence-electron chi connectivity index (χ3n) is 5.27. The molecule has 148 valence electrons. The van der Waals surface area contributed by atoms with Gasteiger partial charge in [-0.3, -0.25) is 4.90 Å². The molecule has 0 saturated carbocycles. The maximum Gasteiger partial charge on any atom is 0.263 e. The van der Waals surface area contributed by atoms with Crippen molar-refractivity contribution in [1.29, 1.82) is 0 Å². The summed E-state index contributed by atoms with van der Waals surface area (Å²) in [4.78, 5) is 13.4. The summed E-state index contributed by atoms with van der Waals surface area (Å²) in [5.41, 5.74) is 3.88. The molecule has 0 radical (unpaired) electrons. The maximum absolute atomic E-state index is 6.18. The van der Waals surface area contributed by atoms with E-state index in [1.54, 1.807) is 0 Å². The summed E-state index contributed by atoms with van der Waals surface area (Å²) in [6, 6.07) is 6.12. The monoisotopic (exact) mass is 400 g/mol. The van der Waals surface area contributed by atoms with E-state index in [0.29, 0.717) is 5.71 Å². The predicted octanol–water partition coefficient (Wildman–Crippen LogP) is 3.51. The number of benzene rings is 1. The molecule has 1 fully saturated rings. The van der Waals surface area contributed by atoms with Gasteiger partial charge in [-0.25, -0.2) is 4.98 Å². The average Bonchev–Trinajstić information content (AvgIpc) is 3.09. The van der Waals surface area contributed by atoms with E-state index < -0.39 is 0 Å². The lowest BCUT2D eigenvalue weighted by molar-refractivity contribution is 0.257. The van der Waals surface area contributed by atoms with Crippen LogP contribution < -0.4 is 10.2 Å². The van der Waals surface area contributed by atoms with Gasteiger partial charge in [0.25, 0.3) is 5.71 Å². The van der Waals surface area contributed by atoms with Crippen LogP contribution in [0.1, 0.15) is 17.7 Å². The highest BCUT2D eigenvalue weighted by Gasteiger charge is 2.18. The fourth-order valence-electron chi connectivity index (χ4n) is 3.70. The smallest absolute Gasteiger partial charge is 0.263 e. The molecule has 0 bridgehead atoms. The number of anilines is 2. The number of fused-ring (bicyclic) bond motifs is 1. The minimum Gasteiger partial charge on any atom is -0.369 e. The Balaban J connectivity index is 1.25. The SMILES string of the molecule is Cc1ccc(Cl)cc1N1CCN(CCCNc2ncnc3onc(C)c23)CC1. The second kappa shape index (κ2) is 8.32. The molecule has 1 aromatic carbocycles. The molecule has 0 spiro atoms. The highest BCUT2D eigenvalue weighted by molar-refractivity contribution is 6.30. The van der Waals surface area contributed by atoms with Gasteiger partial charge in [-0.1, -0.05) is 22.8 Å². The molecule has 1 saturated heterocycles. The number of aryl methyl sites for hydroxylation is 2. The number of hydrogen-bond donors (Lipinski definition) is 1. The normalized spacial score (nSPS) is 15.3. The lowest BCUT2D eigenvalue weighted by atomic mass is 10.1. The van der Waals surface area contributed by atoms with E-state index in [4.69, 9.17) is 16.1 Å². The fourth-order valence-corrected chi connectivity index (χ4v) is 3.87. The van der Waals surface area contributed by atoms with Crippen molar-refractivity contribution in [3.63, 3.8) is 0 Å². The molecule has 1 aliphatic heterocycles. The highest BCUT2D eigenvalue weighted by Crippen LogP contribution is 2.25. The molecule has 8 heteroatoms. The first-order valence-corrected chi connectivity index (χ1v) is 10.0. The van der Waals surface area contributed by atoms with Gasteiger partial charge < -0.3 is 14.7 Å². The van der Waals surface area contributed by atoms with Crippen molar-refractivity contribution in [2.45, 2.75) is 20.3 Å². The van der Waals surface area contributed by atoms with Crippen molar-refractivity contribution >= 4 is 34.2 Å². The van der Waals surface area contributed by atoms with Crippen LogP contribution in [-0.4, -0.2) is 59.3 Å².